The Bertz CT molecular complexity index is 626. The van der Waals surface area contributed by atoms with Crippen LogP contribution in [0.1, 0.15) is 34.1 Å². The molecule has 1 rings (SSSR count). The summed E-state index contributed by atoms with van der Waals surface area (Å²) in [6.07, 6.45) is 1.99. The maximum Gasteiger partial charge on any atom is 0.240 e. The first-order chi connectivity index (χ1) is 11.1. The maximum absolute atomic E-state index is 12.2. The van der Waals surface area contributed by atoms with Gasteiger partial charge in [-0.15, -0.1) is 0 Å². The van der Waals surface area contributed by atoms with Gasteiger partial charge in [0.25, 0.3) is 0 Å². The standard InChI is InChI=1S/C17H28N2O4S/c1-6-11-23-16-9-7-15(8-10-16)19(24(5,21)22)12-17(20)18-14(4)13(2)3/h7-10,13-14H,6,11-12H2,1-5H3,(H,18,20)/t14-/m1/s1. The molecule has 24 heavy (non-hydrogen) atoms. The first-order valence-corrected chi connectivity index (χ1v) is 10.00. The number of anilines is 1. The lowest BCUT2D eigenvalue weighted by molar-refractivity contribution is -0.120. The normalized spacial score (nSPS) is 12.8. The molecular weight excluding hydrogens is 328 g/mol. The number of carbonyl (C=O) groups is 1. The molecule has 0 heterocycles. The number of sulfonamides is 1. The van der Waals surface area contributed by atoms with Crippen molar-refractivity contribution in [1.82, 2.24) is 5.32 Å². The molecule has 0 aliphatic rings. The van der Waals surface area contributed by atoms with Crippen molar-refractivity contribution < 1.29 is 17.9 Å². The zero-order chi connectivity index (χ0) is 18.3. The molecular formula is C17H28N2O4S. The highest BCUT2D eigenvalue weighted by atomic mass is 32.2. The van der Waals surface area contributed by atoms with Crippen molar-refractivity contribution in [2.24, 2.45) is 5.92 Å². The quantitative estimate of drug-likeness (QED) is 0.737. The molecule has 0 spiro atoms. The second-order valence-electron chi connectivity index (χ2n) is 6.21. The molecule has 0 unspecified atom stereocenters. The fourth-order valence-corrected chi connectivity index (χ4v) is 2.78. The number of rotatable bonds is 9. The third-order valence-corrected chi connectivity index (χ3v) is 4.81. The Hall–Kier alpha value is -1.76. The predicted molar refractivity (Wildman–Crippen MR) is 96.9 cm³/mol. The number of hydrogen-bond donors (Lipinski definition) is 1. The second kappa shape index (κ2) is 8.92. The van der Waals surface area contributed by atoms with E-state index < -0.39 is 10.0 Å². The number of hydrogen-bond acceptors (Lipinski definition) is 4. The molecule has 7 heteroatoms. The van der Waals surface area contributed by atoms with Crippen LogP contribution in [0, 0.1) is 5.92 Å². The molecule has 136 valence electrons. The monoisotopic (exact) mass is 356 g/mol. The zero-order valence-corrected chi connectivity index (χ0v) is 15.9. The summed E-state index contributed by atoms with van der Waals surface area (Å²) >= 11 is 0. The third-order valence-electron chi connectivity index (χ3n) is 3.67. The van der Waals surface area contributed by atoms with Crippen molar-refractivity contribution in [3.05, 3.63) is 24.3 Å². The number of amides is 1. The van der Waals surface area contributed by atoms with Gasteiger partial charge in [-0.05, 0) is 43.5 Å². The van der Waals surface area contributed by atoms with Gasteiger partial charge < -0.3 is 10.1 Å². The van der Waals surface area contributed by atoms with Crippen molar-refractivity contribution in [2.75, 3.05) is 23.7 Å². The van der Waals surface area contributed by atoms with Crippen LogP contribution in [0.5, 0.6) is 5.75 Å². The van der Waals surface area contributed by atoms with Gasteiger partial charge in [-0.25, -0.2) is 8.42 Å². The Labute approximate surface area is 145 Å². The van der Waals surface area contributed by atoms with Crippen LogP contribution < -0.4 is 14.4 Å². The Morgan fingerprint density at radius 2 is 1.79 bits per heavy atom. The summed E-state index contributed by atoms with van der Waals surface area (Å²) in [6, 6.07) is 6.68. The SMILES string of the molecule is CCCOc1ccc(N(CC(=O)N[C@H](C)C(C)C)S(C)(=O)=O)cc1. The van der Waals surface area contributed by atoms with E-state index >= 15 is 0 Å². The van der Waals surface area contributed by atoms with Crippen LogP contribution >= 0.6 is 0 Å². The average molecular weight is 356 g/mol. The summed E-state index contributed by atoms with van der Waals surface area (Å²) in [5.74, 6) is 0.621. The number of nitrogens with one attached hydrogen (secondary N) is 1. The lowest BCUT2D eigenvalue weighted by Gasteiger charge is -2.24. The molecule has 1 aromatic rings. The molecule has 0 saturated carbocycles. The van der Waals surface area contributed by atoms with Gasteiger partial charge in [0.05, 0.1) is 18.6 Å². The Balaban J connectivity index is 2.88. The van der Waals surface area contributed by atoms with Crippen LogP contribution in [0.25, 0.3) is 0 Å². The van der Waals surface area contributed by atoms with E-state index in [9.17, 15) is 13.2 Å². The number of carbonyl (C=O) groups excluding carboxylic acids is 1. The highest BCUT2D eigenvalue weighted by molar-refractivity contribution is 7.92. The van der Waals surface area contributed by atoms with E-state index in [0.717, 1.165) is 17.0 Å². The molecule has 0 bridgehead atoms. The number of benzene rings is 1. The molecule has 1 aromatic carbocycles. The van der Waals surface area contributed by atoms with Crippen molar-refractivity contribution >= 4 is 21.6 Å². The van der Waals surface area contributed by atoms with Crippen LogP contribution in [0.4, 0.5) is 5.69 Å². The van der Waals surface area contributed by atoms with Crippen LogP contribution in [0.15, 0.2) is 24.3 Å². The summed E-state index contributed by atoms with van der Waals surface area (Å²) in [4.78, 5) is 12.2. The van der Waals surface area contributed by atoms with Gasteiger partial charge in [-0.2, -0.15) is 0 Å². The van der Waals surface area contributed by atoms with E-state index in [0.29, 0.717) is 18.0 Å². The van der Waals surface area contributed by atoms with E-state index in [4.69, 9.17) is 4.74 Å². The van der Waals surface area contributed by atoms with Crippen molar-refractivity contribution in [2.45, 2.75) is 40.2 Å². The highest BCUT2D eigenvalue weighted by Crippen LogP contribution is 2.21. The van der Waals surface area contributed by atoms with Gasteiger partial charge in [-0.3, -0.25) is 9.10 Å². The summed E-state index contributed by atoms with van der Waals surface area (Å²) < 4.78 is 30.7. The zero-order valence-electron chi connectivity index (χ0n) is 15.1. The number of nitrogens with zero attached hydrogens (tertiary/aromatic N) is 1. The van der Waals surface area contributed by atoms with Gasteiger partial charge in [0.15, 0.2) is 0 Å². The largest absolute Gasteiger partial charge is 0.494 e. The van der Waals surface area contributed by atoms with Crippen LogP contribution in [0.3, 0.4) is 0 Å². The highest BCUT2D eigenvalue weighted by Gasteiger charge is 2.22. The molecule has 0 aliphatic heterocycles. The van der Waals surface area contributed by atoms with E-state index in [-0.39, 0.29) is 24.4 Å². The summed E-state index contributed by atoms with van der Waals surface area (Å²) in [6.45, 7) is 8.25. The average Bonchev–Trinajstić information content (AvgIpc) is 2.50. The summed E-state index contributed by atoms with van der Waals surface area (Å²) in [5.41, 5.74) is 0.439. The molecule has 0 fully saturated rings. The van der Waals surface area contributed by atoms with E-state index in [1.165, 1.54) is 0 Å². The minimum Gasteiger partial charge on any atom is -0.494 e. The summed E-state index contributed by atoms with van der Waals surface area (Å²) in [7, 11) is -3.57. The maximum atomic E-state index is 12.2. The van der Waals surface area contributed by atoms with Crippen LogP contribution in [-0.2, 0) is 14.8 Å². The van der Waals surface area contributed by atoms with E-state index in [1.54, 1.807) is 24.3 Å². The minimum atomic E-state index is -3.57. The van der Waals surface area contributed by atoms with E-state index in [1.807, 2.05) is 27.7 Å². The lowest BCUT2D eigenvalue weighted by Crippen LogP contribution is -2.44. The van der Waals surface area contributed by atoms with E-state index in [2.05, 4.69) is 5.32 Å². The fourth-order valence-electron chi connectivity index (χ4n) is 1.93. The predicted octanol–water partition coefficient (Wildman–Crippen LogP) is 2.40. The second-order valence-corrected chi connectivity index (χ2v) is 8.12. The molecule has 0 saturated heterocycles. The van der Waals surface area contributed by atoms with Gasteiger partial charge in [0, 0.05) is 6.04 Å². The first-order valence-electron chi connectivity index (χ1n) is 8.15. The van der Waals surface area contributed by atoms with Crippen LogP contribution in [-0.4, -0.2) is 39.8 Å². The lowest BCUT2D eigenvalue weighted by atomic mass is 10.1. The molecule has 1 N–H and O–H groups in total. The summed E-state index contributed by atoms with van der Waals surface area (Å²) in [5, 5.41) is 2.82. The molecule has 0 radical (unpaired) electrons. The van der Waals surface area contributed by atoms with Crippen molar-refractivity contribution in [1.29, 1.82) is 0 Å². The molecule has 1 amide bonds. The Kier molecular flexibility index (Phi) is 7.54. The topological polar surface area (TPSA) is 75.7 Å². The van der Waals surface area contributed by atoms with Gasteiger partial charge in [-0.1, -0.05) is 20.8 Å². The van der Waals surface area contributed by atoms with Gasteiger partial charge >= 0.3 is 0 Å². The Morgan fingerprint density at radius 3 is 2.25 bits per heavy atom. The molecule has 6 nitrogen and oxygen atoms in total. The van der Waals surface area contributed by atoms with Crippen molar-refractivity contribution in [3.8, 4) is 5.75 Å². The first kappa shape index (κ1) is 20.3. The van der Waals surface area contributed by atoms with Crippen LogP contribution in [0.2, 0.25) is 0 Å². The fraction of sp³-hybridized carbons (Fsp3) is 0.588. The molecule has 0 aromatic heterocycles. The van der Waals surface area contributed by atoms with Gasteiger partial charge in [0.2, 0.25) is 15.9 Å². The smallest absolute Gasteiger partial charge is 0.240 e. The number of ether oxygens (including phenoxy) is 1. The van der Waals surface area contributed by atoms with Crippen molar-refractivity contribution in [3.63, 3.8) is 0 Å². The van der Waals surface area contributed by atoms with Gasteiger partial charge in [0.1, 0.15) is 12.3 Å². The molecule has 0 aliphatic carbocycles. The Morgan fingerprint density at radius 1 is 1.21 bits per heavy atom. The molecule has 1 atom stereocenters. The third kappa shape index (κ3) is 6.39. The minimum absolute atomic E-state index is 0.0243.